The third kappa shape index (κ3) is 4.69. The van der Waals surface area contributed by atoms with Gasteiger partial charge in [0.15, 0.2) is 10.9 Å². The molecular weight excluding hydrogens is 438 g/mol. The zero-order valence-electron chi connectivity index (χ0n) is 17.0. The van der Waals surface area contributed by atoms with Gasteiger partial charge in [-0.15, -0.1) is 0 Å². The van der Waals surface area contributed by atoms with Crippen LogP contribution in [0.1, 0.15) is 15.9 Å². The van der Waals surface area contributed by atoms with Crippen LogP contribution in [-0.4, -0.2) is 22.7 Å². The van der Waals surface area contributed by atoms with Crippen molar-refractivity contribution in [2.75, 3.05) is 4.90 Å². The van der Waals surface area contributed by atoms with E-state index < -0.39 is 17.6 Å². The maximum absolute atomic E-state index is 13.1. The van der Waals surface area contributed by atoms with Crippen LogP contribution in [0, 0.1) is 11.3 Å². The van der Waals surface area contributed by atoms with Gasteiger partial charge >= 0.3 is 0 Å². The van der Waals surface area contributed by atoms with Gasteiger partial charge in [-0.1, -0.05) is 18.2 Å². The van der Waals surface area contributed by atoms with E-state index in [4.69, 9.17) is 22.2 Å². The van der Waals surface area contributed by atoms with E-state index in [1.54, 1.807) is 24.3 Å². The number of thiocarbonyl (C=S) groups is 1. The normalized spacial score (nSPS) is 14.6. The Morgan fingerprint density at radius 2 is 1.58 bits per heavy atom. The molecule has 0 aromatic heterocycles. The summed E-state index contributed by atoms with van der Waals surface area (Å²) in [5.41, 5.74) is 0.691. The van der Waals surface area contributed by atoms with Crippen LogP contribution in [-0.2, 0) is 9.59 Å². The van der Waals surface area contributed by atoms with Gasteiger partial charge in [0.25, 0.3) is 11.8 Å². The van der Waals surface area contributed by atoms with E-state index in [1.165, 1.54) is 24.3 Å². The highest BCUT2D eigenvalue weighted by Crippen LogP contribution is 2.26. The minimum atomic E-state index is -0.757. The first-order valence-corrected chi connectivity index (χ1v) is 10.2. The number of rotatable bonds is 5. The molecule has 0 atom stereocenters. The minimum absolute atomic E-state index is 0.0929. The number of ether oxygens (including phenoxy) is 1. The molecule has 1 heterocycles. The predicted molar refractivity (Wildman–Crippen MR) is 125 cm³/mol. The van der Waals surface area contributed by atoms with Crippen LogP contribution in [0.15, 0.2) is 90.5 Å². The number of carbonyl (C=O) groups is 3. The van der Waals surface area contributed by atoms with E-state index in [0.717, 1.165) is 11.0 Å². The largest absolute Gasteiger partial charge is 0.457 e. The fraction of sp³-hybridized carbons (Fsp3) is 0. The Balaban J connectivity index is 1.57. The molecule has 33 heavy (non-hydrogen) atoms. The summed E-state index contributed by atoms with van der Waals surface area (Å²) in [6.07, 6.45) is 0.973. The summed E-state index contributed by atoms with van der Waals surface area (Å²) < 4.78 is 5.75. The zero-order chi connectivity index (χ0) is 23.4. The summed E-state index contributed by atoms with van der Waals surface area (Å²) in [7, 11) is 0. The van der Waals surface area contributed by atoms with Gasteiger partial charge in [-0.3, -0.25) is 24.6 Å². The summed E-state index contributed by atoms with van der Waals surface area (Å²) in [6, 6.07) is 23.6. The fourth-order valence-corrected chi connectivity index (χ4v) is 3.38. The number of allylic oxidation sites excluding steroid dienone is 1. The van der Waals surface area contributed by atoms with Crippen molar-refractivity contribution in [2.24, 2.45) is 0 Å². The van der Waals surface area contributed by atoms with E-state index in [-0.39, 0.29) is 16.2 Å². The van der Waals surface area contributed by atoms with E-state index in [9.17, 15) is 14.4 Å². The van der Waals surface area contributed by atoms with Crippen LogP contribution >= 0.6 is 12.2 Å². The van der Waals surface area contributed by atoms with Crippen molar-refractivity contribution in [3.05, 3.63) is 102 Å². The Labute approximate surface area is 194 Å². The average Bonchev–Trinajstić information content (AvgIpc) is 2.83. The molecule has 2 amide bonds. The second kappa shape index (κ2) is 9.26. The molecule has 3 aromatic rings. The van der Waals surface area contributed by atoms with Gasteiger partial charge in [0.05, 0.1) is 17.3 Å². The number of carbonyl (C=O) groups excluding carboxylic acids is 3. The quantitative estimate of drug-likeness (QED) is 0.272. The van der Waals surface area contributed by atoms with Gasteiger partial charge in [0.1, 0.15) is 17.1 Å². The Bertz CT molecular complexity index is 1320. The monoisotopic (exact) mass is 453 g/mol. The van der Waals surface area contributed by atoms with Crippen molar-refractivity contribution < 1.29 is 19.1 Å². The Hall–Kier alpha value is -4.61. The first-order chi connectivity index (χ1) is 16.0. The van der Waals surface area contributed by atoms with E-state index in [1.807, 2.05) is 36.4 Å². The average molecular weight is 453 g/mol. The minimum Gasteiger partial charge on any atom is -0.457 e. The van der Waals surface area contributed by atoms with Crippen molar-refractivity contribution in [2.45, 2.75) is 0 Å². The number of ketones is 1. The number of benzene rings is 3. The molecule has 1 aliphatic heterocycles. The summed E-state index contributed by atoms with van der Waals surface area (Å²) in [4.78, 5) is 39.2. The van der Waals surface area contributed by atoms with E-state index in [2.05, 4.69) is 5.32 Å². The highest BCUT2D eigenvalue weighted by atomic mass is 32.1. The molecule has 160 valence electrons. The second-order valence-electron chi connectivity index (χ2n) is 6.92. The molecule has 0 radical (unpaired) electrons. The molecule has 1 saturated heterocycles. The van der Waals surface area contributed by atoms with Crippen molar-refractivity contribution in [3.8, 4) is 17.6 Å². The Morgan fingerprint density at radius 1 is 0.939 bits per heavy atom. The lowest BCUT2D eigenvalue weighted by Gasteiger charge is -2.28. The summed E-state index contributed by atoms with van der Waals surface area (Å²) >= 11 is 5.19. The van der Waals surface area contributed by atoms with Gasteiger partial charge in [-0.05, 0) is 72.9 Å². The molecule has 1 N–H and O–H groups in total. The molecule has 3 aromatic carbocycles. The lowest BCUT2D eigenvalue weighted by molar-refractivity contribution is -0.122. The molecule has 0 bridgehead atoms. The van der Waals surface area contributed by atoms with Gasteiger partial charge in [-0.2, -0.15) is 5.26 Å². The molecular formula is C25H15N3O4S. The number of hydrogen-bond donors (Lipinski definition) is 1. The fourth-order valence-electron chi connectivity index (χ4n) is 3.10. The third-order valence-electron chi connectivity index (χ3n) is 4.75. The lowest BCUT2D eigenvalue weighted by atomic mass is 10.0. The van der Waals surface area contributed by atoms with Crippen LogP contribution in [0.4, 0.5) is 5.69 Å². The van der Waals surface area contributed by atoms with Gasteiger partial charge in [0, 0.05) is 11.6 Å². The maximum Gasteiger partial charge on any atom is 0.270 e. The van der Waals surface area contributed by atoms with Crippen LogP contribution in [0.25, 0.3) is 0 Å². The van der Waals surface area contributed by atoms with Crippen molar-refractivity contribution in [3.63, 3.8) is 0 Å². The van der Waals surface area contributed by atoms with Crippen molar-refractivity contribution in [1.29, 1.82) is 5.26 Å². The van der Waals surface area contributed by atoms with E-state index >= 15 is 0 Å². The second-order valence-corrected chi connectivity index (χ2v) is 7.31. The molecule has 0 aliphatic carbocycles. The number of amides is 2. The van der Waals surface area contributed by atoms with Crippen molar-refractivity contribution >= 4 is 40.6 Å². The molecule has 8 heteroatoms. The van der Waals surface area contributed by atoms with Crippen LogP contribution in [0.2, 0.25) is 0 Å². The summed E-state index contributed by atoms with van der Waals surface area (Å²) in [6.45, 7) is 0. The SMILES string of the molecule is N#Cc1ccc(C(=O)/C=C2\C(=O)NC(=S)N(c3ccc(Oc4ccccc4)cc3)C2=O)cc1. The smallest absolute Gasteiger partial charge is 0.270 e. The first kappa shape index (κ1) is 21.6. The molecule has 4 rings (SSSR count). The van der Waals surface area contributed by atoms with Crippen LogP contribution < -0.4 is 15.0 Å². The zero-order valence-corrected chi connectivity index (χ0v) is 17.8. The number of anilines is 1. The summed E-state index contributed by atoms with van der Waals surface area (Å²) in [5, 5.41) is 11.2. The lowest BCUT2D eigenvalue weighted by Crippen LogP contribution is -2.54. The summed E-state index contributed by atoms with van der Waals surface area (Å²) in [5.74, 6) is -0.808. The molecule has 0 unspecified atom stereocenters. The standard InChI is InChI=1S/C25H15N3O4S/c26-15-16-6-8-17(9-7-16)22(29)14-21-23(30)27-25(33)28(24(21)31)18-10-12-20(13-11-18)32-19-4-2-1-3-5-19/h1-14H,(H,27,30,33)/b21-14+. The predicted octanol–water partition coefficient (Wildman–Crippen LogP) is 3.91. The van der Waals surface area contributed by atoms with Crippen LogP contribution in [0.3, 0.4) is 0 Å². The highest BCUT2D eigenvalue weighted by molar-refractivity contribution is 7.80. The Kier molecular flexibility index (Phi) is 6.06. The topological polar surface area (TPSA) is 99.5 Å². The first-order valence-electron chi connectivity index (χ1n) is 9.75. The highest BCUT2D eigenvalue weighted by Gasteiger charge is 2.35. The number of para-hydroxylation sites is 1. The van der Waals surface area contributed by atoms with E-state index in [0.29, 0.717) is 22.7 Å². The number of nitrogens with zero attached hydrogens (tertiary/aromatic N) is 2. The van der Waals surface area contributed by atoms with Crippen molar-refractivity contribution in [1.82, 2.24) is 5.32 Å². The Morgan fingerprint density at radius 3 is 2.21 bits per heavy atom. The molecule has 1 aliphatic rings. The molecule has 7 nitrogen and oxygen atoms in total. The third-order valence-corrected chi connectivity index (χ3v) is 5.03. The molecule has 0 saturated carbocycles. The van der Waals surface area contributed by atoms with Gasteiger partial charge in [-0.25, -0.2) is 0 Å². The number of nitriles is 1. The molecule has 0 spiro atoms. The van der Waals surface area contributed by atoms with Crippen LogP contribution in [0.5, 0.6) is 11.5 Å². The molecule has 1 fully saturated rings. The van der Waals surface area contributed by atoms with Gasteiger partial charge in [0.2, 0.25) is 0 Å². The van der Waals surface area contributed by atoms with Gasteiger partial charge < -0.3 is 4.74 Å². The maximum atomic E-state index is 13.1. The number of nitrogens with one attached hydrogen (secondary N) is 1. The number of hydrogen-bond acceptors (Lipinski definition) is 6.